The van der Waals surface area contributed by atoms with Crippen LogP contribution in [0.1, 0.15) is 47.4 Å². The van der Waals surface area contributed by atoms with Crippen molar-refractivity contribution < 1.29 is 82.1 Å². The maximum atomic E-state index is 11.4. The van der Waals surface area contributed by atoms with Gasteiger partial charge in [-0.3, -0.25) is 9.59 Å². The summed E-state index contributed by atoms with van der Waals surface area (Å²) >= 11 is 0. The summed E-state index contributed by atoms with van der Waals surface area (Å²) in [5, 5.41) is 17.8. The van der Waals surface area contributed by atoms with Crippen molar-refractivity contribution in [2.75, 3.05) is 0 Å². The Kier molecular flexibility index (Phi) is 12.5. The number of aliphatic carboxylic acids is 2. The summed E-state index contributed by atoms with van der Waals surface area (Å²) in [5.74, 6) is -3.49. The van der Waals surface area contributed by atoms with Gasteiger partial charge in [0.1, 0.15) is 5.60 Å². The van der Waals surface area contributed by atoms with E-state index in [1.54, 1.807) is 13.8 Å². The molecule has 0 bridgehead atoms. The van der Waals surface area contributed by atoms with E-state index >= 15 is 0 Å². The van der Waals surface area contributed by atoms with Crippen molar-refractivity contribution in [3.05, 3.63) is 12.7 Å². The Morgan fingerprint density at radius 1 is 1.33 bits per heavy atom. The molecule has 0 aliphatic heterocycles. The molecule has 21 heavy (non-hydrogen) atoms. The van der Waals surface area contributed by atoms with Crippen LogP contribution >= 0.6 is 0 Å². The SMILES string of the molecule is C=CC(=O)OC(C)(CC)C(CCCCC(=O)O)C(=O)O.[H-].[K+]. The molecule has 0 aromatic rings. The normalized spacial score (nSPS) is 14.2. The van der Waals surface area contributed by atoms with Crippen LogP contribution in [0.15, 0.2) is 12.7 Å². The van der Waals surface area contributed by atoms with Crippen LogP contribution in [0.25, 0.3) is 0 Å². The van der Waals surface area contributed by atoms with Gasteiger partial charge in [0, 0.05) is 12.5 Å². The van der Waals surface area contributed by atoms with Crippen molar-refractivity contribution in [1.29, 1.82) is 0 Å². The number of unbranched alkanes of at least 4 members (excludes halogenated alkanes) is 1. The Morgan fingerprint density at radius 3 is 2.29 bits per heavy atom. The third-order valence-corrected chi connectivity index (χ3v) is 3.37. The molecule has 0 saturated carbocycles. The Hall–Kier alpha value is -0.214. The Bertz CT molecular complexity index is 388. The zero-order chi connectivity index (χ0) is 15.8. The van der Waals surface area contributed by atoms with Gasteiger partial charge < -0.3 is 16.4 Å². The molecule has 6 nitrogen and oxygen atoms in total. The second kappa shape index (κ2) is 11.4. The molecule has 0 aliphatic rings. The number of carbonyl (C=O) groups is 3. The van der Waals surface area contributed by atoms with Crippen molar-refractivity contribution in [2.45, 2.75) is 51.6 Å². The van der Waals surface area contributed by atoms with E-state index in [1.807, 2.05) is 0 Å². The van der Waals surface area contributed by atoms with Gasteiger partial charge in [-0.25, -0.2) is 4.79 Å². The van der Waals surface area contributed by atoms with E-state index in [1.165, 1.54) is 0 Å². The fourth-order valence-corrected chi connectivity index (χ4v) is 1.98. The third kappa shape index (κ3) is 8.72. The standard InChI is InChI=1S/C14H22O6.K.H/c1-4-12(17)20-14(3,5-2)10(13(18)19)8-6-7-9-11(15)16;;/h4,10H,1,5-9H2,2-3H3,(H,15,16)(H,18,19);;/q;+1;-1. The molecule has 0 radical (unpaired) electrons. The van der Waals surface area contributed by atoms with E-state index in [-0.39, 0.29) is 65.7 Å². The first-order valence-corrected chi connectivity index (χ1v) is 6.56. The second-order valence-corrected chi connectivity index (χ2v) is 4.82. The molecule has 0 heterocycles. The van der Waals surface area contributed by atoms with Crippen molar-refractivity contribution in [3.8, 4) is 0 Å². The second-order valence-electron chi connectivity index (χ2n) is 4.82. The molecule has 116 valence electrons. The smallest absolute Gasteiger partial charge is 1.00 e. The molecule has 2 unspecified atom stereocenters. The monoisotopic (exact) mass is 326 g/mol. The molecular weight excluding hydrogens is 303 g/mol. The molecule has 2 atom stereocenters. The van der Waals surface area contributed by atoms with Gasteiger partial charge in [0.15, 0.2) is 0 Å². The molecule has 2 N–H and O–H groups in total. The first-order valence-electron chi connectivity index (χ1n) is 6.56. The van der Waals surface area contributed by atoms with Gasteiger partial charge in [-0.05, 0) is 26.2 Å². The van der Waals surface area contributed by atoms with Crippen LogP contribution in [0.2, 0.25) is 0 Å². The predicted molar refractivity (Wildman–Crippen MR) is 73.3 cm³/mol. The summed E-state index contributed by atoms with van der Waals surface area (Å²) in [4.78, 5) is 33.1. The largest absolute Gasteiger partial charge is 1.00 e. The molecule has 0 amide bonds. The molecular formula is C14H23KO6. The zero-order valence-corrected chi connectivity index (χ0v) is 16.0. The molecule has 0 saturated heterocycles. The van der Waals surface area contributed by atoms with E-state index in [2.05, 4.69) is 6.58 Å². The fraction of sp³-hybridized carbons (Fsp3) is 0.643. The number of hydrogen-bond donors (Lipinski definition) is 2. The summed E-state index contributed by atoms with van der Waals surface area (Å²) in [6.45, 7) is 6.60. The number of hydrogen-bond acceptors (Lipinski definition) is 4. The molecule has 0 fully saturated rings. The summed E-state index contributed by atoms with van der Waals surface area (Å²) in [5.41, 5.74) is -1.12. The molecule has 0 rings (SSSR count). The minimum atomic E-state index is -1.12. The van der Waals surface area contributed by atoms with Crippen molar-refractivity contribution in [2.24, 2.45) is 5.92 Å². The molecule has 7 heteroatoms. The van der Waals surface area contributed by atoms with Crippen molar-refractivity contribution in [1.82, 2.24) is 0 Å². The minimum Gasteiger partial charge on any atom is -1.00 e. The van der Waals surface area contributed by atoms with Crippen LogP contribution in [0.4, 0.5) is 0 Å². The van der Waals surface area contributed by atoms with Crippen LogP contribution in [-0.4, -0.2) is 33.7 Å². The number of ether oxygens (including phenoxy) is 1. The Balaban J connectivity index is -0.00000180. The molecule has 0 aromatic heterocycles. The summed E-state index contributed by atoms with van der Waals surface area (Å²) in [6, 6.07) is 0. The molecule has 0 aromatic carbocycles. The van der Waals surface area contributed by atoms with E-state index in [0.717, 1.165) is 6.08 Å². The van der Waals surface area contributed by atoms with Gasteiger partial charge in [0.05, 0.1) is 5.92 Å². The van der Waals surface area contributed by atoms with Gasteiger partial charge in [0.2, 0.25) is 0 Å². The average Bonchev–Trinajstić information content (AvgIpc) is 2.37. The van der Waals surface area contributed by atoms with Crippen molar-refractivity contribution >= 4 is 17.9 Å². The van der Waals surface area contributed by atoms with Crippen LogP contribution in [0.3, 0.4) is 0 Å². The topological polar surface area (TPSA) is 101 Å². The third-order valence-electron chi connectivity index (χ3n) is 3.37. The van der Waals surface area contributed by atoms with Crippen LogP contribution in [0, 0.1) is 5.92 Å². The fourth-order valence-electron chi connectivity index (χ4n) is 1.98. The van der Waals surface area contributed by atoms with Crippen LogP contribution in [-0.2, 0) is 19.1 Å². The number of carboxylic acid groups (broad SMARTS) is 2. The van der Waals surface area contributed by atoms with E-state index < -0.39 is 29.4 Å². The zero-order valence-electron chi connectivity index (χ0n) is 13.9. The maximum Gasteiger partial charge on any atom is 1.00 e. The maximum absolute atomic E-state index is 11.4. The van der Waals surface area contributed by atoms with Gasteiger partial charge >= 0.3 is 69.3 Å². The van der Waals surface area contributed by atoms with Gasteiger partial charge in [-0.2, -0.15) is 0 Å². The summed E-state index contributed by atoms with van der Waals surface area (Å²) < 4.78 is 5.18. The first kappa shape index (κ1) is 23.1. The Morgan fingerprint density at radius 2 is 1.90 bits per heavy atom. The molecule has 0 aliphatic carbocycles. The minimum absolute atomic E-state index is 0. The Labute approximate surface area is 168 Å². The summed E-state index contributed by atoms with van der Waals surface area (Å²) in [6.07, 6.45) is 2.46. The van der Waals surface area contributed by atoms with E-state index in [0.29, 0.717) is 19.3 Å². The molecule has 0 spiro atoms. The van der Waals surface area contributed by atoms with Crippen LogP contribution < -0.4 is 51.4 Å². The number of rotatable bonds is 10. The van der Waals surface area contributed by atoms with Gasteiger partial charge in [0.25, 0.3) is 0 Å². The number of esters is 1. The summed E-state index contributed by atoms with van der Waals surface area (Å²) in [7, 11) is 0. The van der Waals surface area contributed by atoms with Gasteiger partial charge in [-0.15, -0.1) is 0 Å². The first-order chi connectivity index (χ1) is 9.26. The van der Waals surface area contributed by atoms with Gasteiger partial charge in [-0.1, -0.05) is 19.9 Å². The van der Waals surface area contributed by atoms with Crippen LogP contribution in [0.5, 0.6) is 0 Å². The number of carbonyl (C=O) groups excluding carboxylic acids is 1. The quantitative estimate of drug-likeness (QED) is 0.239. The number of carboxylic acids is 2. The van der Waals surface area contributed by atoms with Crippen molar-refractivity contribution in [3.63, 3.8) is 0 Å². The van der Waals surface area contributed by atoms with E-state index in [9.17, 15) is 19.5 Å². The predicted octanol–water partition coefficient (Wildman–Crippen LogP) is -0.653. The van der Waals surface area contributed by atoms with E-state index in [4.69, 9.17) is 9.84 Å². The average molecular weight is 326 g/mol.